The lowest BCUT2D eigenvalue weighted by Crippen LogP contribution is -2.57. The van der Waals surface area contributed by atoms with Crippen molar-refractivity contribution in [2.24, 2.45) is 5.41 Å². The van der Waals surface area contributed by atoms with Crippen LogP contribution in [0.25, 0.3) is 0 Å². The molecule has 2 heteroatoms. The van der Waals surface area contributed by atoms with E-state index in [9.17, 15) is 0 Å². The average molecular weight is 295 g/mol. The van der Waals surface area contributed by atoms with Crippen LogP contribution in [0.1, 0.15) is 46.5 Å². The summed E-state index contributed by atoms with van der Waals surface area (Å²) in [7, 11) is 0. The summed E-state index contributed by atoms with van der Waals surface area (Å²) in [6.45, 7) is 9.61. The van der Waals surface area contributed by atoms with E-state index in [1.165, 1.54) is 38.8 Å². The van der Waals surface area contributed by atoms with Crippen molar-refractivity contribution in [3.63, 3.8) is 0 Å². The lowest BCUT2D eigenvalue weighted by Gasteiger charge is -2.52. The van der Waals surface area contributed by atoms with Gasteiger partial charge in [-0.25, -0.2) is 0 Å². The molecule has 1 saturated heterocycles. The predicted octanol–water partition coefficient (Wildman–Crippen LogP) is 3.67. The number of halogens is 1. The van der Waals surface area contributed by atoms with Crippen molar-refractivity contribution in [2.45, 2.75) is 50.5 Å². The zero-order chi connectivity index (χ0) is 9.90. The number of rotatable bonds is 5. The van der Waals surface area contributed by atoms with Crippen LogP contribution < -0.4 is 0 Å². The number of hydrogen-bond acceptors (Lipinski definition) is 1. The number of nitrogens with zero attached hydrogens (tertiary/aromatic N) is 1. The summed E-state index contributed by atoms with van der Waals surface area (Å²) in [4.78, 5) is 2.59. The molecule has 1 atom stereocenters. The second kappa shape index (κ2) is 4.96. The smallest absolute Gasteiger partial charge is 0.0590 e. The molecule has 0 spiro atoms. The lowest BCUT2D eigenvalue weighted by molar-refractivity contribution is -0.0150. The van der Waals surface area contributed by atoms with Gasteiger partial charge in [-0.15, -0.1) is 0 Å². The average Bonchev–Trinajstić information content (AvgIpc) is 1.99. The van der Waals surface area contributed by atoms with Crippen molar-refractivity contribution in [2.75, 3.05) is 13.1 Å². The predicted molar refractivity (Wildman–Crippen MR) is 67.3 cm³/mol. The first-order chi connectivity index (χ1) is 6.13. The highest BCUT2D eigenvalue weighted by molar-refractivity contribution is 14.1. The fourth-order valence-electron chi connectivity index (χ4n) is 2.57. The maximum atomic E-state index is 2.59. The van der Waals surface area contributed by atoms with Gasteiger partial charge in [0.25, 0.3) is 0 Å². The largest absolute Gasteiger partial charge is 0.291 e. The first-order valence-electron chi connectivity index (χ1n) is 5.51. The monoisotopic (exact) mass is 295 g/mol. The molecule has 1 nitrogen and oxygen atoms in total. The summed E-state index contributed by atoms with van der Waals surface area (Å²) < 4.78 is 0.722. The van der Waals surface area contributed by atoms with E-state index in [0.29, 0.717) is 5.41 Å². The van der Waals surface area contributed by atoms with E-state index in [1.54, 1.807) is 0 Å². The van der Waals surface area contributed by atoms with Crippen molar-refractivity contribution in [1.82, 2.24) is 4.90 Å². The van der Waals surface area contributed by atoms with Crippen LogP contribution >= 0.6 is 22.6 Å². The molecule has 0 bridgehead atoms. The molecule has 1 unspecified atom stereocenters. The minimum atomic E-state index is 0.697. The molecular weight excluding hydrogens is 273 g/mol. The normalized spacial score (nSPS) is 24.0. The van der Waals surface area contributed by atoms with Crippen LogP contribution in [0.3, 0.4) is 0 Å². The molecule has 13 heavy (non-hydrogen) atoms. The third-order valence-electron chi connectivity index (χ3n) is 3.14. The number of alkyl halides is 1. The van der Waals surface area contributed by atoms with Crippen LogP contribution in [0.4, 0.5) is 0 Å². The van der Waals surface area contributed by atoms with Crippen molar-refractivity contribution < 1.29 is 0 Å². The van der Waals surface area contributed by atoms with Gasteiger partial charge in [0.15, 0.2) is 0 Å². The van der Waals surface area contributed by atoms with Gasteiger partial charge in [0.1, 0.15) is 0 Å². The highest BCUT2D eigenvalue weighted by Gasteiger charge is 2.42. The molecular formula is C11H22IN. The van der Waals surface area contributed by atoms with Gasteiger partial charge in [-0.2, -0.15) is 0 Å². The van der Waals surface area contributed by atoms with Crippen molar-refractivity contribution in [3.8, 4) is 0 Å². The van der Waals surface area contributed by atoms with Crippen LogP contribution in [-0.4, -0.2) is 22.0 Å². The van der Waals surface area contributed by atoms with E-state index in [1.807, 2.05) is 0 Å². The topological polar surface area (TPSA) is 3.24 Å². The Morgan fingerprint density at radius 1 is 1.23 bits per heavy atom. The second-order valence-electron chi connectivity index (χ2n) is 4.48. The van der Waals surface area contributed by atoms with E-state index in [-0.39, 0.29) is 0 Å². The van der Waals surface area contributed by atoms with Crippen molar-refractivity contribution in [1.29, 1.82) is 0 Å². The Labute approximate surface area is 96.4 Å². The van der Waals surface area contributed by atoms with Crippen LogP contribution in [0, 0.1) is 5.41 Å². The van der Waals surface area contributed by atoms with Gasteiger partial charge in [0.05, 0.1) is 4.05 Å². The molecule has 0 N–H and O–H groups in total. The maximum absolute atomic E-state index is 2.59. The fourth-order valence-corrected chi connectivity index (χ4v) is 2.96. The molecule has 1 rings (SSSR count). The molecule has 0 aromatic heterocycles. The van der Waals surface area contributed by atoms with E-state index >= 15 is 0 Å². The SMILES string of the molecule is CCCC1(CCC)CN(C(C)I)C1. The Bertz CT molecular complexity index is 142. The quantitative estimate of drug-likeness (QED) is 0.425. The first kappa shape index (κ1) is 11.8. The Hall–Kier alpha value is 0.690. The third-order valence-corrected chi connectivity index (χ3v) is 3.93. The van der Waals surface area contributed by atoms with E-state index in [4.69, 9.17) is 0 Å². The summed E-state index contributed by atoms with van der Waals surface area (Å²) in [5, 5.41) is 0. The van der Waals surface area contributed by atoms with Gasteiger partial charge in [0, 0.05) is 13.1 Å². The first-order valence-corrected chi connectivity index (χ1v) is 6.76. The summed E-state index contributed by atoms with van der Waals surface area (Å²) >= 11 is 2.52. The van der Waals surface area contributed by atoms with Gasteiger partial charge in [-0.05, 0) is 25.2 Å². The van der Waals surface area contributed by atoms with Crippen LogP contribution in [0.5, 0.6) is 0 Å². The molecule has 1 aliphatic rings. The van der Waals surface area contributed by atoms with Gasteiger partial charge in [-0.1, -0.05) is 49.3 Å². The van der Waals surface area contributed by atoms with E-state index in [0.717, 1.165) is 4.05 Å². The van der Waals surface area contributed by atoms with Crippen LogP contribution in [-0.2, 0) is 0 Å². The van der Waals surface area contributed by atoms with Crippen LogP contribution in [0.15, 0.2) is 0 Å². The van der Waals surface area contributed by atoms with Crippen LogP contribution in [0.2, 0.25) is 0 Å². The van der Waals surface area contributed by atoms with E-state index in [2.05, 4.69) is 48.3 Å². The van der Waals surface area contributed by atoms with Crippen molar-refractivity contribution in [3.05, 3.63) is 0 Å². The van der Waals surface area contributed by atoms with Crippen molar-refractivity contribution >= 4 is 22.6 Å². The molecule has 1 heterocycles. The van der Waals surface area contributed by atoms with Gasteiger partial charge in [-0.3, -0.25) is 4.90 Å². The minimum Gasteiger partial charge on any atom is -0.291 e. The molecule has 0 aromatic rings. The third kappa shape index (κ3) is 2.82. The fraction of sp³-hybridized carbons (Fsp3) is 1.00. The summed E-state index contributed by atoms with van der Waals surface area (Å²) in [5.74, 6) is 0. The Kier molecular flexibility index (Phi) is 4.49. The highest BCUT2D eigenvalue weighted by atomic mass is 127. The van der Waals surface area contributed by atoms with Gasteiger partial charge < -0.3 is 0 Å². The minimum absolute atomic E-state index is 0.697. The summed E-state index contributed by atoms with van der Waals surface area (Å²) in [6, 6.07) is 0. The Balaban J connectivity index is 2.38. The second-order valence-corrected chi connectivity index (χ2v) is 6.28. The maximum Gasteiger partial charge on any atom is 0.0590 e. The Morgan fingerprint density at radius 2 is 1.69 bits per heavy atom. The van der Waals surface area contributed by atoms with Gasteiger partial charge >= 0.3 is 0 Å². The highest BCUT2D eigenvalue weighted by Crippen LogP contribution is 2.41. The zero-order valence-electron chi connectivity index (χ0n) is 9.15. The van der Waals surface area contributed by atoms with E-state index < -0.39 is 0 Å². The number of hydrogen-bond donors (Lipinski definition) is 0. The molecule has 0 saturated carbocycles. The molecule has 0 radical (unpaired) electrons. The zero-order valence-corrected chi connectivity index (χ0v) is 11.3. The molecule has 1 fully saturated rings. The molecule has 78 valence electrons. The number of likely N-dealkylation sites (tertiary alicyclic amines) is 1. The summed E-state index contributed by atoms with van der Waals surface area (Å²) in [5.41, 5.74) is 0.697. The molecule has 1 aliphatic heterocycles. The standard InChI is InChI=1S/C11H22IN/c1-4-6-11(7-5-2)8-13(9-11)10(3)12/h10H,4-9H2,1-3H3. The Morgan fingerprint density at radius 3 is 2.00 bits per heavy atom. The van der Waals surface area contributed by atoms with Gasteiger partial charge in [0.2, 0.25) is 0 Å². The molecule has 0 aromatic carbocycles. The molecule has 0 amide bonds. The summed E-state index contributed by atoms with van der Waals surface area (Å²) in [6.07, 6.45) is 5.56. The lowest BCUT2D eigenvalue weighted by atomic mass is 9.73. The molecule has 0 aliphatic carbocycles.